The van der Waals surface area contributed by atoms with Crippen LogP contribution in [0, 0.1) is 0 Å². The Morgan fingerprint density at radius 1 is 1.05 bits per heavy atom. The predicted octanol–water partition coefficient (Wildman–Crippen LogP) is 6.12. The van der Waals surface area contributed by atoms with E-state index in [1.165, 1.54) is 0 Å². The van der Waals surface area contributed by atoms with Crippen LogP contribution in [-0.4, -0.2) is 5.78 Å². The first-order valence-corrected chi connectivity index (χ1v) is 8.91. The molecule has 0 aromatic heterocycles. The Balaban J connectivity index is 1.96. The minimum Gasteiger partial charge on any atom is -0.297 e. The molecule has 22 heavy (non-hydrogen) atoms. The van der Waals surface area contributed by atoms with E-state index in [1.54, 1.807) is 6.07 Å². The number of Topliss-reactive ketones (excluding diaryl/α,β-unsaturated/α-hetero) is 1. The van der Waals surface area contributed by atoms with Gasteiger partial charge in [-0.3, -0.25) is 4.79 Å². The van der Waals surface area contributed by atoms with Gasteiger partial charge in [-0.2, -0.15) is 0 Å². The summed E-state index contributed by atoms with van der Waals surface area (Å²) in [6.07, 6.45) is 2.78. The smallest absolute Gasteiger partial charge is 0.161 e. The predicted molar refractivity (Wildman–Crippen MR) is 95.1 cm³/mol. The van der Waals surface area contributed by atoms with E-state index in [0.29, 0.717) is 10.0 Å². The third kappa shape index (κ3) is 2.73. The number of benzene rings is 2. The Morgan fingerprint density at radius 3 is 2.27 bits per heavy atom. The number of alkyl halides is 1. The summed E-state index contributed by atoms with van der Waals surface area (Å²) in [6, 6.07) is 15.3. The Hall–Kier alpha value is -0.830. The molecule has 1 unspecified atom stereocenters. The summed E-state index contributed by atoms with van der Waals surface area (Å²) in [5.41, 5.74) is 1.51. The van der Waals surface area contributed by atoms with Crippen molar-refractivity contribution in [3.8, 4) is 0 Å². The van der Waals surface area contributed by atoms with Gasteiger partial charge in [0, 0.05) is 0 Å². The van der Waals surface area contributed by atoms with Gasteiger partial charge < -0.3 is 0 Å². The summed E-state index contributed by atoms with van der Waals surface area (Å²) in [4.78, 5) is 12.8. The summed E-state index contributed by atoms with van der Waals surface area (Å²) >= 11 is 15.7. The molecule has 1 aliphatic carbocycles. The van der Waals surface area contributed by atoms with Gasteiger partial charge in [-0.1, -0.05) is 82.0 Å². The minimum atomic E-state index is -0.446. The van der Waals surface area contributed by atoms with Gasteiger partial charge in [0.1, 0.15) is 0 Å². The topological polar surface area (TPSA) is 17.1 Å². The molecule has 4 heteroatoms. The average Bonchev–Trinajstić information content (AvgIpc) is 2.49. The molecule has 0 radical (unpaired) electrons. The SMILES string of the molecule is O=C(C(Br)c1ccccc1)C1(c2ccc(Cl)c(Cl)c2)CCC1. The molecular weight excluding hydrogens is 383 g/mol. The van der Waals surface area contributed by atoms with Gasteiger partial charge in [0.25, 0.3) is 0 Å². The van der Waals surface area contributed by atoms with Crippen molar-refractivity contribution in [2.45, 2.75) is 29.5 Å². The normalized spacial score (nSPS) is 17.6. The highest BCUT2D eigenvalue weighted by molar-refractivity contribution is 9.09. The molecular formula is C18H15BrCl2O. The number of halogens is 3. The van der Waals surface area contributed by atoms with Crippen LogP contribution in [0.25, 0.3) is 0 Å². The molecule has 0 heterocycles. The van der Waals surface area contributed by atoms with Crippen molar-refractivity contribution in [2.75, 3.05) is 0 Å². The molecule has 2 aromatic carbocycles. The quantitative estimate of drug-likeness (QED) is 0.568. The largest absolute Gasteiger partial charge is 0.297 e. The molecule has 114 valence electrons. The van der Waals surface area contributed by atoms with Crippen LogP contribution in [0.2, 0.25) is 10.0 Å². The van der Waals surface area contributed by atoms with Gasteiger partial charge in [-0.25, -0.2) is 0 Å². The number of hydrogen-bond donors (Lipinski definition) is 0. The fraction of sp³-hybridized carbons (Fsp3) is 0.278. The third-order valence-corrected chi connectivity index (χ3v) is 6.16. The Bertz CT molecular complexity index is 695. The van der Waals surface area contributed by atoms with Crippen molar-refractivity contribution in [1.82, 2.24) is 0 Å². The molecule has 0 bridgehead atoms. The Labute approximate surface area is 148 Å². The molecule has 0 N–H and O–H groups in total. The van der Waals surface area contributed by atoms with E-state index >= 15 is 0 Å². The summed E-state index contributed by atoms with van der Waals surface area (Å²) < 4.78 is 0. The standard InChI is InChI=1S/C18H15BrCl2O/c19-16(12-5-2-1-3-6-12)17(22)18(9-4-10-18)13-7-8-14(20)15(21)11-13/h1-3,5-8,11,16H,4,9-10H2. The lowest BCUT2D eigenvalue weighted by Crippen LogP contribution is -2.44. The van der Waals surface area contributed by atoms with Crippen molar-refractivity contribution in [1.29, 1.82) is 0 Å². The molecule has 1 saturated carbocycles. The highest BCUT2D eigenvalue weighted by atomic mass is 79.9. The zero-order chi connectivity index (χ0) is 15.7. The van der Waals surface area contributed by atoms with Gasteiger partial charge in [-0.15, -0.1) is 0 Å². The van der Waals surface area contributed by atoms with Crippen molar-refractivity contribution in [3.63, 3.8) is 0 Å². The highest BCUT2D eigenvalue weighted by Crippen LogP contribution is 2.49. The van der Waals surface area contributed by atoms with E-state index in [0.717, 1.165) is 30.4 Å². The lowest BCUT2D eigenvalue weighted by atomic mass is 9.61. The van der Waals surface area contributed by atoms with Crippen LogP contribution in [0.15, 0.2) is 48.5 Å². The number of ketones is 1. The van der Waals surface area contributed by atoms with Gasteiger partial charge in [0.15, 0.2) is 5.78 Å². The highest BCUT2D eigenvalue weighted by Gasteiger charge is 2.47. The van der Waals surface area contributed by atoms with E-state index in [9.17, 15) is 4.79 Å². The Kier molecular flexibility index (Phi) is 4.63. The first-order chi connectivity index (χ1) is 10.5. The molecule has 0 aliphatic heterocycles. The van der Waals surface area contributed by atoms with Crippen molar-refractivity contribution in [2.24, 2.45) is 0 Å². The maximum Gasteiger partial charge on any atom is 0.161 e. The van der Waals surface area contributed by atoms with Crippen molar-refractivity contribution >= 4 is 44.9 Å². The second-order valence-corrected chi connectivity index (χ2v) is 7.43. The number of hydrogen-bond acceptors (Lipinski definition) is 1. The molecule has 1 nitrogen and oxygen atoms in total. The maximum absolute atomic E-state index is 13.1. The van der Waals surface area contributed by atoms with Crippen LogP contribution in [0.5, 0.6) is 0 Å². The molecule has 2 aromatic rings. The second-order valence-electron chi connectivity index (χ2n) is 5.70. The molecule has 0 amide bonds. The summed E-state index contributed by atoms with van der Waals surface area (Å²) in [6.45, 7) is 0. The summed E-state index contributed by atoms with van der Waals surface area (Å²) in [7, 11) is 0. The molecule has 1 atom stereocenters. The van der Waals surface area contributed by atoms with Crippen LogP contribution in [0.4, 0.5) is 0 Å². The molecule has 0 saturated heterocycles. The summed E-state index contributed by atoms with van der Waals surface area (Å²) in [5, 5.41) is 1.02. The van der Waals surface area contributed by atoms with Crippen LogP contribution in [0.1, 0.15) is 35.2 Å². The van der Waals surface area contributed by atoms with Crippen molar-refractivity contribution < 1.29 is 4.79 Å². The van der Waals surface area contributed by atoms with Crippen molar-refractivity contribution in [3.05, 3.63) is 69.7 Å². The lowest BCUT2D eigenvalue weighted by molar-refractivity contribution is -0.127. The lowest BCUT2D eigenvalue weighted by Gasteiger charge is -2.42. The van der Waals surface area contributed by atoms with Gasteiger partial charge in [0.05, 0.1) is 20.3 Å². The average molecular weight is 398 g/mol. The third-order valence-electron chi connectivity index (χ3n) is 4.47. The minimum absolute atomic E-state index is 0.198. The van der Waals surface area contributed by atoms with Crippen LogP contribution < -0.4 is 0 Å². The first kappa shape index (κ1) is 16.0. The van der Waals surface area contributed by atoms with Gasteiger partial charge >= 0.3 is 0 Å². The fourth-order valence-electron chi connectivity index (χ4n) is 3.02. The zero-order valence-electron chi connectivity index (χ0n) is 11.9. The van der Waals surface area contributed by atoms with E-state index in [2.05, 4.69) is 15.9 Å². The van der Waals surface area contributed by atoms with Crippen LogP contribution >= 0.6 is 39.1 Å². The Morgan fingerprint density at radius 2 is 1.73 bits per heavy atom. The first-order valence-electron chi connectivity index (χ1n) is 7.23. The maximum atomic E-state index is 13.1. The number of carbonyl (C=O) groups is 1. The van der Waals surface area contributed by atoms with Gasteiger partial charge in [-0.05, 0) is 36.1 Å². The monoisotopic (exact) mass is 396 g/mol. The molecule has 3 rings (SSSR count). The summed E-state index contributed by atoms with van der Waals surface area (Å²) in [5.74, 6) is 0.198. The number of rotatable bonds is 4. The van der Waals surface area contributed by atoms with E-state index < -0.39 is 5.41 Å². The van der Waals surface area contributed by atoms with E-state index in [-0.39, 0.29) is 10.6 Å². The molecule has 1 aliphatic rings. The van der Waals surface area contributed by atoms with Crippen LogP contribution in [0.3, 0.4) is 0 Å². The molecule has 1 fully saturated rings. The molecule has 0 spiro atoms. The van der Waals surface area contributed by atoms with Crippen LogP contribution in [-0.2, 0) is 10.2 Å². The van der Waals surface area contributed by atoms with E-state index in [1.807, 2.05) is 42.5 Å². The number of carbonyl (C=O) groups excluding carboxylic acids is 1. The van der Waals surface area contributed by atoms with Gasteiger partial charge in [0.2, 0.25) is 0 Å². The zero-order valence-corrected chi connectivity index (χ0v) is 15.0. The second kappa shape index (κ2) is 6.35. The van der Waals surface area contributed by atoms with E-state index in [4.69, 9.17) is 23.2 Å². The fourth-order valence-corrected chi connectivity index (χ4v) is 4.06.